The Balaban J connectivity index is 2.85. The van der Waals surface area contributed by atoms with Crippen LogP contribution in [0.15, 0.2) is 24.3 Å². The fraction of sp³-hybridized carbons (Fsp3) is 0.400. The Kier molecular flexibility index (Phi) is 3.92. The zero-order valence-corrected chi connectivity index (χ0v) is 8.69. The Morgan fingerprint density at radius 3 is 2.18 bits per heavy atom. The number of rotatable bonds is 4. The van der Waals surface area contributed by atoms with Crippen molar-refractivity contribution < 1.29 is 22.0 Å². The van der Waals surface area contributed by atoms with Crippen LogP contribution in [0.4, 0.5) is 27.6 Å². The molecule has 0 atom stereocenters. The Labute approximate surface area is 94.6 Å². The highest BCUT2D eigenvalue weighted by Crippen LogP contribution is 2.34. The van der Waals surface area contributed by atoms with Gasteiger partial charge >= 0.3 is 6.18 Å². The first kappa shape index (κ1) is 13.7. The topological polar surface area (TPSA) is 38.0 Å². The predicted molar refractivity (Wildman–Crippen MR) is 53.9 cm³/mol. The number of nitrogens with one attached hydrogen (secondary N) is 1. The number of para-hydroxylation sites is 1. The molecule has 17 heavy (non-hydrogen) atoms. The van der Waals surface area contributed by atoms with Gasteiger partial charge in [-0.3, -0.25) is 0 Å². The standard InChI is InChI=1S/C10H11F5N2/c11-9(12,5-16)6-17-8-4-2-1-3-7(8)10(13,14)15/h1-4,17H,5-6,16H2. The summed E-state index contributed by atoms with van der Waals surface area (Å²) in [5.74, 6) is -3.24. The summed E-state index contributed by atoms with van der Waals surface area (Å²) in [6.07, 6.45) is -4.58. The first-order chi connectivity index (χ1) is 7.76. The maximum Gasteiger partial charge on any atom is 0.418 e. The lowest BCUT2D eigenvalue weighted by Gasteiger charge is -2.18. The highest BCUT2D eigenvalue weighted by Gasteiger charge is 2.34. The van der Waals surface area contributed by atoms with Crippen LogP contribution in [-0.4, -0.2) is 19.0 Å². The molecular formula is C10H11F5N2. The largest absolute Gasteiger partial charge is 0.418 e. The van der Waals surface area contributed by atoms with Gasteiger partial charge in [0.2, 0.25) is 0 Å². The third-order valence-electron chi connectivity index (χ3n) is 2.07. The van der Waals surface area contributed by atoms with Gasteiger partial charge in [0.15, 0.2) is 0 Å². The third kappa shape index (κ3) is 3.85. The molecule has 0 aromatic heterocycles. The van der Waals surface area contributed by atoms with Gasteiger partial charge in [0.05, 0.1) is 18.7 Å². The van der Waals surface area contributed by atoms with Gasteiger partial charge in [-0.25, -0.2) is 8.78 Å². The van der Waals surface area contributed by atoms with Crippen LogP contribution in [0.1, 0.15) is 5.56 Å². The molecule has 0 saturated heterocycles. The van der Waals surface area contributed by atoms with E-state index in [0.29, 0.717) is 0 Å². The van der Waals surface area contributed by atoms with Gasteiger partial charge in [-0.1, -0.05) is 12.1 Å². The van der Waals surface area contributed by atoms with Gasteiger partial charge in [-0.05, 0) is 12.1 Å². The normalized spacial score (nSPS) is 12.6. The molecule has 0 aliphatic heterocycles. The highest BCUT2D eigenvalue weighted by atomic mass is 19.4. The molecule has 1 rings (SSSR count). The molecule has 1 aromatic carbocycles. The fourth-order valence-corrected chi connectivity index (χ4v) is 1.18. The molecule has 0 amide bonds. The van der Waals surface area contributed by atoms with E-state index in [1.165, 1.54) is 12.1 Å². The molecule has 0 bridgehead atoms. The average molecular weight is 254 g/mol. The minimum atomic E-state index is -4.58. The molecule has 0 aliphatic rings. The van der Waals surface area contributed by atoms with E-state index in [1.807, 2.05) is 0 Å². The van der Waals surface area contributed by atoms with Crippen LogP contribution >= 0.6 is 0 Å². The molecular weight excluding hydrogens is 243 g/mol. The lowest BCUT2D eigenvalue weighted by molar-refractivity contribution is -0.137. The van der Waals surface area contributed by atoms with Crippen LogP contribution in [-0.2, 0) is 6.18 Å². The number of anilines is 1. The summed E-state index contributed by atoms with van der Waals surface area (Å²) < 4.78 is 63.1. The SMILES string of the molecule is NCC(F)(F)CNc1ccccc1C(F)(F)F. The molecule has 0 unspecified atom stereocenters. The zero-order chi connectivity index (χ0) is 13.1. The highest BCUT2D eigenvalue weighted by molar-refractivity contribution is 5.52. The number of benzene rings is 1. The summed E-state index contributed by atoms with van der Waals surface area (Å²) in [4.78, 5) is 0. The molecule has 2 nitrogen and oxygen atoms in total. The van der Waals surface area contributed by atoms with Crippen LogP contribution in [0.25, 0.3) is 0 Å². The smallest absolute Gasteiger partial charge is 0.378 e. The van der Waals surface area contributed by atoms with Crippen LogP contribution in [0.2, 0.25) is 0 Å². The van der Waals surface area contributed by atoms with Crippen molar-refractivity contribution in [2.75, 3.05) is 18.4 Å². The maximum absolute atomic E-state index is 12.8. The molecule has 3 N–H and O–H groups in total. The Morgan fingerprint density at radius 1 is 1.06 bits per heavy atom. The lowest BCUT2D eigenvalue weighted by atomic mass is 10.1. The van der Waals surface area contributed by atoms with E-state index < -0.39 is 30.8 Å². The zero-order valence-electron chi connectivity index (χ0n) is 8.69. The van der Waals surface area contributed by atoms with E-state index in [0.717, 1.165) is 12.1 Å². The second kappa shape index (κ2) is 4.87. The average Bonchev–Trinajstić information content (AvgIpc) is 2.26. The summed E-state index contributed by atoms with van der Waals surface area (Å²) in [5, 5.41) is 2.06. The third-order valence-corrected chi connectivity index (χ3v) is 2.07. The molecule has 1 aromatic rings. The number of hydrogen-bond acceptors (Lipinski definition) is 2. The van der Waals surface area contributed by atoms with Crippen molar-refractivity contribution >= 4 is 5.69 Å². The Morgan fingerprint density at radius 2 is 1.65 bits per heavy atom. The van der Waals surface area contributed by atoms with Crippen molar-refractivity contribution in [3.63, 3.8) is 0 Å². The van der Waals surface area contributed by atoms with E-state index in [1.54, 1.807) is 0 Å². The van der Waals surface area contributed by atoms with Crippen molar-refractivity contribution in [2.45, 2.75) is 12.1 Å². The van der Waals surface area contributed by atoms with Crippen molar-refractivity contribution in [1.29, 1.82) is 0 Å². The monoisotopic (exact) mass is 254 g/mol. The predicted octanol–water partition coefficient (Wildman–Crippen LogP) is 2.71. The van der Waals surface area contributed by atoms with Gasteiger partial charge in [0, 0.05) is 5.69 Å². The van der Waals surface area contributed by atoms with Crippen LogP contribution in [0, 0.1) is 0 Å². The van der Waals surface area contributed by atoms with E-state index >= 15 is 0 Å². The number of hydrogen-bond donors (Lipinski definition) is 2. The van der Waals surface area contributed by atoms with Crippen LogP contribution in [0.5, 0.6) is 0 Å². The Bertz CT molecular complexity index is 375. The summed E-state index contributed by atoms with van der Waals surface area (Å²) in [5.41, 5.74) is 3.42. The second-order valence-corrected chi connectivity index (χ2v) is 3.46. The minimum absolute atomic E-state index is 0.381. The second-order valence-electron chi connectivity index (χ2n) is 3.46. The summed E-state index contributed by atoms with van der Waals surface area (Å²) in [6.45, 7) is -1.86. The van der Waals surface area contributed by atoms with Gasteiger partial charge in [0.1, 0.15) is 0 Å². The van der Waals surface area contributed by atoms with Crippen LogP contribution < -0.4 is 11.1 Å². The maximum atomic E-state index is 12.8. The summed E-state index contributed by atoms with van der Waals surface area (Å²) in [6, 6.07) is 4.44. The molecule has 0 saturated carbocycles. The minimum Gasteiger partial charge on any atom is -0.378 e. The Hall–Kier alpha value is -1.37. The van der Waals surface area contributed by atoms with E-state index in [-0.39, 0.29) is 5.69 Å². The molecule has 7 heteroatoms. The van der Waals surface area contributed by atoms with Gasteiger partial charge in [-0.2, -0.15) is 13.2 Å². The molecule has 0 radical (unpaired) electrons. The van der Waals surface area contributed by atoms with Crippen LogP contribution in [0.3, 0.4) is 0 Å². The molecule has 0 aliphatic carbocycles. The van der Waals surface area contributed by atoms with E-state index in [9.17, 15) is 22.0 Å². The molecule has 0 spiro atoms. The van der Waals surface area contributed by atoms with Crippen molar-refractivity contribution in [2.24, 2.45) is 5.73 Å². The quantitative estimate of drug-likeness (QED) is 0.811. The number of alkyl halides is 5. The fourth-order valence-electron chi connectivity index (χ4n) is 1.18. The number of nitrogens with two attached hydrogens (primary N) is 1. The van der Waals surface area contributed by atoms with Crippen molar-refractivity contribution in [3.8, 4) is 0 Å². The summed E-state index contributed by atoms with van der Waals surface area (Å²) >= 11 is 0. The van der Waals surface area contributed by atoms with Crippen molar-refractivity contribution in [1.82, 2.24) is 0 Å². The van der Waals surface area contributed by atoms with Gasteiger partial charge < -0.3 is 11.1 Å². The van der Waals surface area contributed by atoms with E-state index in [4.69, 9.17) is 5.73 Å². The van der Waals surface area contributed by atoms with E-state index in [2.05, 4.69) is 5.32 Å². The van der Waals surface area contributed by atoms with Gasteiger partial charge in [-0.15, -0.1) is 0 Å². The lowest BCUT2D eigenvalue weighted by Crippen LogP contribution is -2.35. The first-order valence-electron chi connectivity index (χ1n) is 4.74. The molecule has 0 fully saturated rings. The number of halogens is 5. The molecule has 96 valence electrons. The van der Waals surface area contributed by atoms with Crippen molar-refractivity contribution in [3.05, 3.63) is 29.8 Å². The molecule has 0 heterocycles. The first-order valence-corrected chi connectivity index (χ1v) is 4.74. The summed E-state index contributed by atoms with van der Waals surface area (Å²) in [7, 11) is 0. The van der Waals surface area contributed by atoms with Gasteiger partial charge in [0.25, 0.3) is 5.92 Å².